The first kappa shape index (κ1) is 16.1. The van der Waals surface area contributed by atoms with Crippen LogP contribution in [0.5, 0.6) is 0 Å². The lowest BCUT2D eigenvalue weighted by Crippen LogP contribution is -2.48. The van der Waals surface area contributed by atoms with Gasteiger partial charge in [0, 0.05) is 13.4 Å². The van der Waals surface area contributed by atoms with Crippen molar-refractivity contribution in [1.29, 1.82) is 0 Å². The molecular weight excluding hydrogens is 428 g/mol. The minimum absolute atomic E-state index is 0.187. The second kappa shape index (κ2) is 6.50. The van der Waals surface area contributed by atoms with Crippen LogP contribution in [0.1, 0.15) is 26.7 Å². The normalized spacial score (nSPS) is 14.1. The van der Waals surface area contributed by atoms with Crippen LogP contribution in [0.4, 0.5) is 5.69 Å². The molecule has 3 N–H and O–H groups in total. The highest BCUT2D eigenvalue weighted by molar-refractivity contribution is 9.11. The average Bonchev–Trinajstić information content (AvgIpc) is 2.22. The summed E-state index contributed by atoms with van der Waals surface area (Å²) in [6.07, 6.45) is 1.51. The van der Waals surface area contributed by atoms with Crippen molar-refractivity contribution in [3.05, 3.63) is 25.6 Å². The van der Waals surface area contributed by atoms with E-state index in [1.165, 1.54) is 0 Å². The van der Waals surface area contributed by atoms with Crippen molar-refractivity contribution in [2.24, 2.45) is 5.73 Å². The van der Waals surface area contributed by atoms with Gasteiger partial charge in [-0.15, -0.1) is 0 Å². The number of anilines is 1. The molecule has 0 radical (unpaired) electrons. The summed E-state index contributed by atoms with van der Waals surface area (Å²) in [6.45, 7) is 3.75. The highest BCUT2D eigenvalue weighted by Crippen LogP contribution is 2.34. The second-order valence-corrected chi connectivity index (χ2v) is 6.99. The van der Waals surface area contributed by atoms with Crippen molar-refractivity contribution in [2.45, 2.75) is 32.2 Å². The molecule has 0 saturated carbocycles. The van der Waals surface area contributed by atoms with Crippen molar-refractivity contribution >= 4 is 59.4 Å². The number of hydrogen-bond donors (Lipinski definition) is 2. The van der Waals surface area contributed by atoms with Crippen LogP contribution in [-0.2, 0) is 4.79 Å². The summed E-state index contributed by atoms with van der Waals surface area (Å²) in [5.74, 6) is -0.187. The summed E-state index contributed by atoms with van der Waals surface area (Å²) in [5, 5.41) is 2.85. The molecule has 0 spiro atoms. The van der Waals surface area contributed by atoms with E-state index >= 15 is 0 Å². The van der Waals surface area contributed by atoms with E-state index in [4.69, 9.17) is 5.73 Å². The van der Waals surface area contributed by atoms with Gasteiger partial charge in [-0.1, -0.05) is 29.3 Å². The van der Waals surface area contributed by atoms with Gasteiger partial charge in [-0.3, -0.25) is 4.79 Å². The van der Waals surface area contributed by atoms with Gasteiger partial charge in [-0.25, -0.2) is 0 Å². The van der Waals surface area contributed by atoms with Crippen LogP contribution < -0.4 is 11.1 Å². The maximum Gasteiger partial charge on any atom is 0.244 e. The van der Waals surface area contributed by atoms with Crippen molar-refractivity contribution in [3.8, 4) is 0 Å². The zero-order chi connectivity index (χ0) is 13.9. The fourth-order valence-corrected chi connectivity index (χ4v) is 4.01. The van der Waals surface area contributed by atoms with E-state index in [1.54, 1.807) is 6.92 Å². The van der Waals surface area contributed by atoms with Gasteiger partial charge in [-0.2, -0.15) is 0 Å². The SMILES string of the molecule is CCCC(C)(N)C(=O)Nc1c(Br)cc(Br)cc1Br. The highest BCUT2D eigenvalue weighted by atomic mass is 79.9. The molecule has 0 aliphatic carbocycles. The maximum atomic E-state index is 12.1. The van der Waals surface area contributed by atoms with Crippen LogP contribution >= 0.6 is 47.8 Å². The third-order valence-corrected chi connectivity index (χ3v) is 4.24. The summed E-state index contributed by atoms with van der Waals surface area (Å²) in [7, 11) is 0. The number of benzene rings is 1. The third-order valence-electron chi connectivity index (χ3n) is 2.53. The Balaban J connectivity index is 2.95. The molecule has 1 aromatic rings. The van der Waals surface area contributed by atoms with Crippen LogP contribution in [-0.4, -0.2) is 11.4 Å². The third kappa shape index (κ3) is 4.05. The van der Waals surface area contributed by atoms with E-state index in [0.717, 1.165) is 19.8 Å². The molecule has 100 valence electrons. The summed E-state index contributed by atoms with van der Waals surface area (Å²) in [6, 6.07) is 3.74. The second-order valence-electron chi connectivity index (χ2n) is 4.37. The van der Waals surface area contributed by atoms with Crippen LogP contribution in [0.25, 0.3) is 0 Å². The van der Waals surface area contributed by atoms with Crippen molar-refractivity contribution in [2.75, 3.05) is 5.32 Å². The maximum absolute atomic E-state index is 12.1. The number of amides is 1. The van der Waals surface area contributed by atoms with Crippen LogP contribution in [0.2, 0.25) is 0 Å². The predicted molar refractivity (Wildman–Crippen MR) is 85.7 cm³/mol. The molecule has 1 unspecified atom stereocenters. The van der Waals surface area contributed by atoms with Crippen LogP contribution in [0.3, 0.4) is 0 Å². The van der Waals surface area contributed by atoms with E-state index in [-0.39, 0.29) is 5.91 Å². The van der Waals surface area contributed by atoms with E-state index in [0.29, 0.717) is 12.1 Å². The Morgan fingerprint density at radius 1 is 1.33 bits per heavy atom. The standard InChI is InChI=1S/C12H15Br3N2O/c1-3-4-12(2,16)11(18)17-10-8(14)5-7(13)6-9(10)15/h5-6H,3-4,16H2,1-2H3,(H,17,18). The first-order chi connectivity index (χ1) is 8.27. The summed E-state index contributed by atoms with van der Waals surface area (Å²) in [4.78, 5) is 12.1. The summed E-state index contributed by atoms with van der Waals surface area (Å²) >= 11 is 10.2. The first-order valence-corrected chi connectivity index (χ1v) is 7.90. The Kier molecular flexibility index (Phi) is 5.83. The van der Waals surface area contributed by atoms with Gasteiger partial charge in [0.25, 0.3) is 0 Å². The summed E-state index contributed by atoms with van der Waals surface area (Å²) in [5.41, 5.74) is 5.83. The van der Waals surface area contributed by atoms with Gasteiger partial charge >= 0.3 is 0 Å². The lowest BCUT2D eigenvalue weighted by molar-refractivity contribution is -0.120. The minimum Gasteiger partial charge on any atom is -0.323 e. The van der Waals surface area contributed by atoms with Crippen molar-refractivity contribution in [1.82, 2.24) is 0 Å². The Morgan fingerprint density at radius 2 is 1.83 bits per heavy atom. The molecular formula is C12H15Br3N2O. The predicted octanol–water partition coefficient (Wildman–Crippen LogP) is 4.43. The molecule has 0 aliphatic rings. The zero-order valence-corrected chi connectivity index (χ0v) is 14.9. The number of carbonyl (C=O) groups is 1. The van der Waals surface area contributed by atoms with Gasteiger partial charge in [0.1, 0.15) is 0 Å². The molecule has 1 atom stereocenters. The van der Waals surface area contributed by atoms with E-state index in [2.05, 4.69) is 53.1 Å². The monoisotopic (exact) mass is 440 g/mol. The average molecular weight is 443 g/mol. The number of carbonyl (C=O) groups excluding carboxylic acids is 1. The van der Waals surface area contributed by atoms with Gasteiger partial charge in [0.2, 0.25) is 5.91 Å². The molecule has 18 heavy (non-hydrogen) atoms. The van der Waals surface area contributed by atoms with Gasteiger partial charge in [0.15, 0.2) is 0 Å². The number of hydrogen-bond acceptors (Lipinski definition) is 2. The van der Waals surface area contributed by atoms with Gasteiger partial charge < -0.3 is 11.1 Å². The largest absolute Gasteiger partial charge is 0.323 e. The molecule has 1 aromatic carbocycles. The Bertz CT molecular complexity index is 438. The molecule has 1 rings (SSSR count). The van der Waals surface area contributed by atoms with Crippen LogP contribution in [0, 0.1) is 0 Å². The highest BCUT2D eigenvalue weighted by Gasteiger charge is 2.28. The topological polar surface area (TPSA) is 55.1 Å². The lowest BCUT2D eigenvalue weighted by Gasteiger charge is -2.23. The molecule has 0 aromatic heterocycles. The molecule has 1 amide bonds. The first-order valence-electron chi connectivity index (χ1n) is 5.53. The fraction of sp³-hybridized carbons (Fsp3) is 0.417. The molecule has 0 heterocycles. The Morgan fingerprint density at radius 3 is 2.28 bits per heavy atom. The van der Waals surface area contributed by atoms with E-state index < -0.39 is 5.54 Å². The van der Waals surface area contributed by atoms with Gasteiger partial charge in [0.05, 0.1) is 11.2 Å². The molecule has 0 saturated heterocycles. The summed E-state index contributed by atoms with van der Waals surface area (Å²) < 4.78 is 2.51. The van der Waals surface area contributed by atoms with Crippen molar-refractivity contribution < 1.29 is 4.79 Å². The molecule has 3 nitrogen and oxygen atoms in total. The fourth-order valence-electron chi connectivity index (χ4n) is 1.55. The smallest absolute Gasteiger partial charge is 0.244 e. The Hall–Kier alpha value is 0.0900. The number of nitrogens with one attached hydrogen (secondary N) is 1. The quantitative estimate of drug-likeness (QED) is 0.724. The van der Waals surface area contributed by atoms with Crippen molar-refractivity contribution in [3.63, 3.8) is 0 Å². The zero-order valence-electron chi connectivity index (χ0n) is 10.2. The van der Waals surface area contributed by atoms with E-state index in [9.17, 15) is 4.79 Å². The minimum atomic E-state index is -0.860. The lowest BCUT2D eigenvalue weighted by atomic mass is 9.96. The molecule has 0 bridgehead atoms. The number of nitrogens with two attached hydrogens (primary N) is 1. The molecule has 6 heteroatoms. The molecule has 0 fully saturated rings. The van der Waals surface area contributed by atoms with Crippen LogP contribution in [0.15, 0.2) is 25.6 Å². The molecule has 0 aliphatic heterocycles. The van der Waals surface area contributed by atoms with E-state index in [1.807, 2.05) is 19.1 Å². The van der Waals surface area contributed by atoms with Gasteiger partial charge in [-0.05, 0) is 57.3 Å². The number of rotatable bonds is 4. The number of halogens is 3. The Labute approximate surface area is 132 Å².